The van der Waals surface area contributed by atoms with Crippen LogP contribution in [-0.2, 0) is 24.8 Å². The van der Waals surface area contributed by atoms with Crippen LogP contribution in [0.4, 0.5) is 5.69 Å². The van der Waals surface area contributed by atoms with Gasteiger partial charge in [0.1, 0.15) is 5.75 Å². The summed E-state index contributed by atoms with van der Waals surface area (Å²) in [6, 6.07) is 4.43. The van der Waals surface area contributed by atoms with Gasteiger partial charge in [-0.15, -0.1) is 0 Å². The molecular formula is C15H13N3O7. The van der Waals surface area contributed by atoms with Gasteiger partial charge in [0.2, 0.25) is 5.82 Å². The van der Waals surface area contributed by atoms with Crippen LogP contribution in [0.1, 0.15) is 25.2 Å². The predicted octanol–water partition coefficient (Wildman–Crippen LogP) is 1.42. The van der Waals surface area contributed by atoms with Crippen LogP contribution in [0.5, 0.6) is 5.75 Å². The fourth-order valence-electron chi connectivity index (χ4n) is 2.12. The average molecular weight is 347 g/mol. The Morgan fingerprint density at radius 1 is 1.16 bits per heavy atom. The molecule has 0 fully saturated rings. The Hall–Kier alpha value is -3.56. The van der Waals surface area contributed by atoms with Gasteiger partial charge < -0.3 is 14.6 Å². The summed E-state index contributed by atoms with van der Waals surface area (Å²) in [5.41, 5.74) is -0.786. The number of non-ortho nitro benzene ring substituents is 1. The van der Waals surface area contributed by atoms with E-state index in [0.29, 0.717) is 0 Å². The van der Waals surface area contributed by atoms with Crippen LogP contribution in [0, 0.1) is 10.1 Å². The Morgan fingerprint density at radius 3 is 2.20 bits per heavy atom. The summed E-state index contributed by atoms with van der Waals surface area (Å²) in [6.07, 6.45) is 2.58. The van der Waals surface area contributed by atoms with E-state index in [2.05, 4.69) is 9.97 Å². The Kier molecular flexibility index (Phi) is 4.92. The second-order valence-corrected chi connectivity index (χ2v) is 4.83. The fraction of sp³-hybridized carbons (Fsp3) is 0.200. The number of aromatic hydroxyl groups is 1. The number of phenolic OH excluding ortho intramolecular Hbond substituents is 1. The van der Waals surface area contributed by atoms with Gasteiger partial charge in [0.05, 0.1) is 10.5 Å². The highest BCUT2D eigenvalue weighted by atomic mass is 16.7. The zero-order chi connectivity index (χ0) is 18.6. The van der Waals surface area contributed by atoms with Gasteiger partial charge in [-0.05, 0) is 12.1 Å². The molecule has 10 nitrogen and oxygen atoms in total. The lowest BCUT2D eigenvalue weighted by Crippen LogP contribution is -2.39. The second-order valence-electron chi connectivity index (χ2n) is 4.83. The molecule has 0 amide bonds. The summed E-state index contributed by atoms with van der Waals surface area (Å²) < 4.78 is 10.3. The molecule has 0 bridgehead atoms. The predicted molar refractivity (Wildman–Crippen MR) is 81.1 cm³/mol. The quantitative estimate of drug-likeness (QED) is 0.367. The molecule has 25 heavy (non-hydrogen) atoms. The second kappa shape index (κ2) is 6.91. The van der Waals surface area contributed by atoms with Crippen molar-refractivity contribution in [1.82, 2.24) is 9.97 Å². The summed E-state index contributed by atoms with van der Waals surface area (Å²) in [5, 5.41) is 21.2. The fourth-order valence-corrected chi connectivity index (χ4v) is 2.12. The largest absolute Gasteiger partial charge is 0.507 e. The lowest BCUT2D eigenvalue weighted by molar-refractivity contribution is -0.385. The molecule has 1 N–H and O–H groups in total. The topological polar surface area (TPSA) is 142 Å². The first-order chi connectivity index (χ1) is 11.8. The minimum Gasteiger partial charge on any atom is -0.507 e. The number of esters is 2. The van der Waals surface area contributed by atoms with Gasteiger partial charge in [-0.1, -0.05) is 0 Å². The molecule has 0 unspecified atom stereocenters. The van der Waals surface area contributed by atoms with E-state index in [4.69, 9.17) is 9.47 Å². The SMILES string of the molecule is CC(=O)OC(OC(C)=O)(c1ncccn1)c1cc([N+](=O)[O-])ccc1O. The number of phenols is 1. The Bertz CT molecular complexity index is 807. The van der Waals surface area contributed by atoms with Crippen LogP contribution < -0.4 is 0 Å². The number of aromatic nitrogens is 2. The van der Waals surface area contributed by atoms with Crippen LogP contribution in [0.2, 0.25) is 0 Å². The molecule has 10 heteroatoms. The molecule has 2 aromatic rings. The number of nitro groups is 1. The summed E-state index contributed by atoms with van der Waals surface area (Å²) in [5.74, 6) is -4.97. The van der Waals surface area contributed by atoms with Crippen molar-refractivity contribution in [3.8, 4) is 5.75 Å². The van der Waals surface area contributed by atoms with Crippen LogP contribution in [0.25, 0.3) is 0 Å². The first kappa shape index (κ1) is 17.8. The van der Waals surface area contributed by atoms with Crippen molar-refractivity contribution in [3.63, 3.8) is 0 Å². The third-order valence-electron chi connectivity index (χ3n) is 2.98. The normalized spacial score (nSPS) is 10.8. The summed E-state index contributed by atoms with van der Waals surface area (Å²) >= 11 is 0. The van der Waals surface area contributed by atoms with Crippen molar-refractivity contribution in [2.24, 2.45) is 0 Å². The first-order valence-electron chi connectivity index (χ1n) is 6.91. The summed E-state index contributed by atoms with van der Waals surface area (Å²) in [6.45, 7) is 2.07. The highest BCUT2D eigenvalue weighted by Crippen LogP contribution is 2.40. The van der Waals surface area contributed by atoms with Gasteiger partial charge in [-0.3, -0.25) is 19.7 Å². The van der Waals surface area contributed by atoms with Gasteiger partial charge >= 0.3 is 17.7 Å². The maximum atomic E-state index is 11.6. The first-order valence-corrected chi connectivity index (χ1v) is 6.91. The molecule has 0 saturated heterocycles. The van der Waals surface area contributed by atoms with E-state index in [9.17, 15) is 24.8 Å². The number of carbonyl (C=O) groups is 2. The van der Waals surface area contributed by atoms with Gasteiger partial charge in [0, 0.05) is 38.4 Å². The summed E-state index contributed by atoms with van der Waals surface area (Å²) in [7, 11) is 0. The minimum absolute atomic E-state index is 0.295. The molecule has 0 radical (unpaired) electrons. The van der Waals surface area contributed by atoms with Crippen molar-refractivity contribution >= 4 is 17.6 Å². The van der Waals surface area contributed by atoms with Crippen LogP contribution in [0.3, 0.4) is 0 Å². The van der Waals surface area contributed by atoms with E-state index >= 15 is 0 Å². The van der Waals surface area contributed by atoms with Crippen molar-refractivity contribution in [2.45, 2.75) is 19.6 Å². The van der Waals surface area contributed by atoms with Gasteiger partial charge in [0.15, 0.2) is 0 Å². The molecule has 1 aromatic carbocycles. The number of ether oxygens (including phenoxy) is 2. The number of nitrogens with zero attached hydrogens (tertiary/aromatic N) is 3. The Balaban J connectivity index is 2.81. The van der Waals surface area contributed by atoms with E-state index in [1.54, 1.807) is 0 Å². The molecule has 2 rings (SSSR count). The highest BCUT2D eigenvalue weighted by molar-refractivity contribution is 5.70. The molecule has 0 aliphatic heterocycles. The smallest absolute Gasteiger partial charge is 0.348 e. The Labute approximate surface area is 141 Å². The number of rotatable bonds is 5. The zero-order valence-electron chi connectivity index (χ0n) is 13.2. The molecule has 0 spiro atoms. The maximum Gasteiger partial charge on any atom is 0.348 e. The monoisotopic (exact) mass is 347 g/mol. The maximum absolute atomic E-state index is 11.6. The lowest BCUT2D eigenvalue weighted by Gasteiger charge is -2.30. The number of nitro benzene ring substituents is 1. The van der Waals surface area contributed by atoms with E-state index in [0.717, 1.165) is 32.0 Å². The van der Waals surface area contributed by atoms with Crippen molar-refractivity contribution < 1.29 is 29.1 Å². The van der Waals surface area contributed by atoms with E-state index in [1.807, 2.05) is 0 Å². The standard InChI is InChI=1S/C15H13N3O7/c1-9(19)24-15(25-10(2)20,14-16-6-3-7-17-14)12-8-11(18(22)23)4-5-13(12)21/h3-8,21H,1-2H3. The molecule has 1 aromatic heterocycles. The molecule has 0 atom stereocenters. The van der Waals surface area contributed by atoms with E-state index in [-0.39, 0.29) is 11.4 Å². The van der Waals surface area contributed by atoms with Crippen molar-refractivity contribution in [1.29, 1.82) is 0 Å². The number of benzene rings is 1. The molecule has 1 heterocycles. The number of carbonyl (C=O) groups excluding carboxylic acids is 2. The van der Waals surface area contributed by atoms with E-state index in [1.165, 1.54) is 18.5 Å². The van der Waals surface area contributed by atoms with Gasteiger partial charge in [0.25, 0.3) is 5.69 Å². The molecule has 0 aliphatic carbocycles. The van der Waals surface area contributed by atoms with Crippen LogP contribution in [0.15, 0.2) is 36.7 Å². The van der Waals surface area contributed by atoms with Gasteiger partial charge in [-0.2, -0.15) is 0 Å². The zero-order valence-corrected chi connectivity index (χ0v) is 13.2. The van der Waals surface area contributed by atoms with E-state index < -0.39 is 34.1 Å². The molecular weight excluding hydrogens is 334 g/mol. The van der Waals surface area contributed by atoms with Crippen LogP contribution >= 0.6 is 0 Å². The summed E-state index contributed by atoms with van der Waals surface area (Å²) in [4.78, 5) is 41.4. The third kappa shape index (κ3) is 3.68. The number of hydrogen-bond donors (Lipinski definition) is 1. The molecule has 130 valence electrons. The highest BCUT2D eigenvalue weighted by Gasteiger charge is 2.47. The molecule has 0 aliphatic rings. The Morgan fingerprint density at radius 2 is 1.72 bits per heavy atom. The minimum atomic E-state index is -2.38. The third-order valence-corrected chi connectivity index (χ3v) is 2.98. The molecule has 0 saturated carbocycles. The van der Waals surface area contributed by atoms with Gasteiger partial charge in [-0.25, -0.2) is 9.97 Å². The van der Waals surface area contributed by atoms with Crippen molar-refractivity contribution in [3.05, 3.63) is 58.2 Å². The number of hydrogen-bond acceptors (Lipinski definition) is 9. The lowest BCUT2D eigenvalue weighted by atomic mass is 10.0. The van der Waals surface area contributed by atoms with Crippen molar-refractivity contribution in [2.75, 3.05) is 0 Å². The average Bonchev–Trinajstić information content (AvgIpc) is 2.54. The van der Waals surface area contributed by atoms with Crippen LogP contribution in [-0.4, -0.2) is 31.9 Å².